The summed E-state index contributed by atoms with van der Waals surface area (Å²) in [4.78, 5) is 25.9. The zero-order valence-corrected chi connectivity index (χ0v) is 21.5. The molecule has 1 aliphatic heterocycles. The van der Waals surface area contributed by atoms with E-state index in [1.807, 2.05) is 52.0 Å². The highest BCUT2D eigenvalue weighted by molar-refractivity contribution is 7.71. The van der Waals surface area contributed by atoms with Crippen LogP contribution in [0, 0.1) is 0 Å². The van der Waals surface area contributed by atoms with Gasteiger partial charge in [-0.2, -0.15) is 0 Å². The fourth-order valence-corrected chi connectivity index (χ4v) is 6.89. The Morgan fingerprint density at radius 2 is 1.66 bits per heavy atom. The molecule has 6 nitrogen and oxygen atoms in total. The minimum atomic E-state index is -3.96. The molecule has 1 aliphatic carbocycles. The number of fused-ring (bicyclic) bond motifs is 2. The van der Waals surface area contributed by atoms with Crippen LogP contribution in [-0.4, -0.2) is 52.4 Å². The summed E-state index contributed by atoms with van der Waals surface area (Å²) in [5, 5.41) is 10.6. The van der Waals surface area contributed by atoms with Crippen molar-refractivity contribution < 1.29 is 23.9 Å². The maximum atomic E-state index is 14.2. The molecule has 1 heterocycles. The van der Waals surface area contributed by atoms with Crippen molar-refractivity contribution in [2.45, 2.75) is 27.7 Å². The van der Waals surface area contributed by atoms with Crippen LogP contribution in [0.2, 0.25) is 0 Å². The van der Waals surface area contributed by atoms with Gasteiger partial charge in [0.25, 0.3) is 7.37 Å². The first kappa shape index (κ1) is 24.9. The normalized spacial score (nSPS) is 18.7. The van der Waals surface area contributed by atoms with Crippen molar-refractivity contribution in [1.29, 1.82) is 0 Å². The number of rotatable bonds is 7. The number of aromatic carboxylic acids is 1. The van der Waals surface area contributed by atoms with E-state index in [1.54, 1.807) is 36.4 Å². The highest BCUT2D eigenvalue weighted by Gasteiger charge is 2.41. The second kappa shape index (κ2) is 9.80. The van der Waals surface area contributed by atoms with Gasteiger partial charge >= 0.3 is 5.97 Å². The molecular formula is C28H32N2O4P+. The second-order valence-electron chi connectivity index (χ2n) is 8.55. The molecule has 0 amide bonds. The topological polar surface area (TPSA) is 80.9 Å². The number of carboxylic acids is 1. The summed E-state index contributed by atoms with van der Waals surface area (Å²) in [5.41, 5.74) is 4.32. The van der Waals surface area contributed by atoms with Gasteiger partial charge in [-0.25, -0.2) is 9.37 Å². The van der Waals surface area contributed by atoms with E-state index >= 15 is 0 Å². The van der Waals surface area contributed by atoms with Gasteiger partial charge in [-0.3, -0.25) is 4.57 Å². The largest absolute Gasteiger partial charge is 0.478 e. The number of hydrogen-bond donors (Lipinski definition) is 2. The van der Waals surface area contributed by atoms with Gasteiger partial charge in [0.1, 0.15) is 13.1 Å². The predicted octanol–water partition coefficient (Wildman–Crippen LogP) is 4.89. The molecule has 182 valence electrons. The van der Waals surface area contributed by atoms with E-state index in [9.17, 15) is 19.4 Å². The van der Waals surface area contributed by atoms with Crippen molar-refractivity contribution in [1.82, 2.24) is 0 Å². The summed E-state index contributed by atoms with van der Waals surface area (Å²) < 4.78 is 16.3. The van der Waals surface area contributed by atoms with E-state index in [2.05, 4.69) is 9.48 Å². The molecule has 2 aromatic carbocycles. The highest BCUT2D eigenvalue weighted by Crippen LogP contribution is 2.59. The molecule has 2 N–H and O–H groups in total. The van der Waals surface area contributed by atoms with Gasteiger partial charge in [0.2, 0.25) is 5.71 Å². The van der Waals surface area contributed by atoms with Gasteiger partial charge in [0.05, 0.1) is 16.2 Å². The molecule has 0 saturated carbocycles. The Balaban J connectivity index is 2.10. The Kier molecular flexibility index (Phi) is 6.98. The quantitative estimate of drug-likeness (QED) is 0.426. The average Bonchev–Trinajstić information content (AvgIpc) is 2.86. The third-order valence-electron chi connectivity index (χ3n) is 6.84. The van der Waals surface area contributed by atoms with Gasteiger partial charge in [-0.1, -0.05) is 24.3 Å². The van der Waals surface area contributed by atoms with Crippen molar-refractivity contribution in [2.75, 3.05) is 31.1 Å². The minimum absolute atomic E-state index is 0.162. The van der Waals surface area contributed by atoms with Crippen molar-refractivity contribution in [2.24, 2.45) is 0 Å². The van der Waals surface area contributed by atoms with Gasteiger partial charge in [0, 0.05) is 30.9 Å². The lowest BCUT2D eigenvalue weighted by Crippen LogP contribution is -2.27. The monoisotopic (exact) mass is 491 g/mol. The second-order valence-corrected chi connectivity index (χ2v) is 10.7. The number of carbonyl (C=O) groups is 1. The van der Waals surface area contributed by atoms with Crippen LogP contribution in [-0.2, 0) is 4.57 Å². The lowest BCUT2D eigenvalue weighted by Gasteiger charge is -2.32. The minimum Gasteiger partial charge on any atom is -0.478 e. The van der Waals surface area contributed by atoms with Gasteiger partial charge in [0.15, 0.2) is 0 Å². The van der Waals surface area contributed by atoms with Crippen LogP contribution >= 0.6 is 7.37 Å². The Labute approximate surface area is 206 Å². The molecule has 4 rings (SSSR count). The fourth-order valence-electron chi connectivity index (χ4n) is 4.99. The van der Waals surface area contributed by atoms with Gasteiger partial charge in [-0.15, -0.1) is 0 Å². The van der Waals surface area contributed by atoms with Crippen LogP contribution < -0.4 is 10.2 Å². The Hall–Kier alpha value is -3.21. The Morgan fingerprint density at radius 1 is 0.971 bits per heavy atom. The highest BCUT2D eigenvalue weighted by atomic mass is 31.2. The molecule has 0 saturated heterocycles. The molecule has 1 unspecified atom stereocenters. The molecule has 0 bridgehead atoms. The van der Waals surface area contributed by atoms with Crippen LogP contribution in [0.3, 0.4) is 0 Å². The first-order valence-electron chi connectivity index (χ1n) is 12.1. The number of hydrogen-bond acceptors (Lipinski definition) is 3. The summed E-state index contributed by atoms with van der Waals surface area (Å²) >= 11 is 0. The van der Waals surface area contributed by atoms with Gasteiger partial charge in [-0.05, 0) is 74.2 Å². The van der Waals surface area contributed by atoms with Crippen LogP contribution in [0.4, 0.5) is 5.69 Å². The Bertz CT molecular complexity index is 1360. The van der Waals surface area contributed by atoms with Crippen molar-refractivity contribution in [3.63, 3.8) is 0 Å². The number of anilines is 1. The van der Waals surface area contributed by atoms with Crippen molar-refractivity contribution >= 4 is 35.6 Å². The number of nitrogens with zero attached hydrogens (tertiary/aromatic N) is 2. The maximum Gasteiger partial charge on any atom is 0.336 e. The number of benzene rings is 2. The molecule has 1 atom stereocenters. The number of allylic oxidation sites excluding steroid dienone is 5. The molecule has 0 aromatic heterocycles. The summed E-state index contributed by atoms with van der Waals surface area (Å²) in [6, 6.07) is 12.5. The third-order valence-corrected chi connectivity index (χ3v) is 8.88. The van der Waals surface area contributed by atoms with Crippen molar-refractivity contribution in [3.8, 4) is 0 Å². The number of carboxylic acid groups (broad SMARTS) is 1. The molecule has 2 aromatic rings. The smallest absolute Gasteiger partial charge is 0.336 e. The average molecular weight is 492 g/mol. The van der Waals surface area contributed by atoms with Crippen LogP contribution in [0.15, 0.2) is 71.6 Å². The fraction of sp³-hybridized carbons (Fsp3) is 0.286. The summed E-state index contributed by atoms with van der Waals surface area (Å²) in [5.74, 6) is -1.03. The maximum absolute atomic E-state index is 14.2. The third kappa shape index (κ3) is 4.22. The van der Waals surface area contributed by atoms with E-state index in [4.69, 9.17) is 0 Å². The van der Waals surface area contributed by atoms with E-state index in [-0.39, 0.29) is 5.56 Å². The van der Waals surface area contributed by atoms with E-state index in [0.717, 1.165) is 37.6 Å². The summed E-state index contributed by atoms with van der Waals surface area (Å²) in [7, 11) is -3.96. The van der Waals surface area contributed by atoms with E-state index in [0.29, 0.717) is 32.9 Å². The molecule has 2 aliphatic rings. The van der Waals surface area contributed by atoms with E-state index < -0.39 is 13.3 Å². The summed E-state index contributed by atoms with van der Waals surface area (Å²) in [6.07, 6.45) is 5.62. The van der Waals surface area contributed by atoms with Crippen LogP contribution in [0.5, 0.6) is 0 Å². The zero-order chi connectivity index (χ0) is 25.3. The lowest BCUT2D eigenvalue weighted by atomic mass is 9.87. The molecule has 35 heavy (non-hydrogen) atoms. The van der Waals surface area contributed by atoms with Crippen molar-refractivity contribution in [3.05, 3.63) is 88.3 Å². The van der Waals surface area contributed by atoms with Crippen LogP contribution in [0.1, 0.15) is 49.2 Å². The first-order chi connectivity index (χ1) is 16.8. The molecule has 0 fully saturated rings. The Morgan fingerprint density at radius 3 is 2.29 bits per heavy atom. The molecule has 0 spiro atoms. The van der Waals surface area contributed by atoms with Gasteiger partial charge < -0.3 is 14.9 Å². The first-order valence-corrected chi connectivity index (χ1v) is 13.8. The molecule has 7 heteroatoms. The standard InChI is InChI=1S/C28H31N2O4P/c1-5-29(6-2)19-13-15-23-25(17-19)35(33,34)26-18-20(30(7-3)8-4)14-16-24(26)27(23)21-11-9-10-12-22(21)28(31)32/h9-18H,5-8H2,1-4H3,(H-,31,32,33,34)/p+1. The zero-order valence-electron chi connectivity index (χ0n) is 20.7. The lowest BCUT2D eigenvalue weighted by molar-refractivity contribution is -0.519. The van der Waals surface area contributed by atoms with E-state index in [1.165, 1.54) is 0 Å². The molecule has 0 radical (unpaired) electrons. The predicted molar refractivity (Wildman–Crippen MR) is 142 cm³/mol. The summed E-state index contributed by atoms with van der Waals surface area (Å²) in [6.45, 7) is 11.3. The van der Waals surface area contributed by atoms with Crippen LogP contribution in [0.25, 0.3) is 5.57 Å². The SMILES string of the molecule is CCN(CC)c1ccc2c(c1)P(=O)(O)C1=CC(=[N+](CC)CC)C=CC1=C2c1ccccc1C(=O)O. The molecular weight excluding hydrogens is 459 g/mol.